The normalized spacial score (nSPS) is 15.1. The summed E-state index contributed by atoms with van der Waals surface area (Å²) in [5.74, 6) is 0.959. The van der Waals surface area contributed by atoms with E-state index in [1.807, 2.05) is 73.7 Å². The van der Waals surface area contributed by atoms with Crippen molar-refractivity contribution in [3.8, 4) is 11.5 Å². The van der Waals surface area contributed by atoms with Crippen molar-refractivity contribution in [1.82, 2.24) is 4.57 Å². The predicted molar refractivity (Wildman–Crippen MR) is 167 cm³/mol. The Morgan fingerprint density at radius 2 is 1.81 bits per heavy atom. The van der Waals surface area contributed by atoms with Crippen LogP contribution in [0.1, 0.15) is 64.6 Å². The third-order valence-corrected chi connectivity index (χ3v) is 8.04. The fourth-order valence-corrected chi connectivity index (χ4v) is 6.12. The van der Waals surface area contributed by atoms with Crippen molar-refractivity contribution in [2.75, 3.05) is 13.2 Å². The molecule has 5 rings (SSSR count). The topological polar surface area (TPSA) is 79.1 Å². The molecule has 1 aromatic heterocycles. The molecule has 8 heteroatoms. The summed E-state index contributed by atoms with van der Waals surface area (Å²) in [6.45, 7) is 10.6. The van der Waals surface area contributed by atoms with Crippen LogP contribution in [0, 0.1) is 0 Å². The van der Waals surface area contributed by atoms with Gasteiger partial charge in [-0.15, -0.1) is 0 Å². The lowest BCUT2D eigenvalue weighted by molar-refractivity contribution is -0.143. The number of rotatable bonds is 10. The third-order valence-electron chi connectivity index (χ3n) is 7.05. The number of unbranched alkanes of at least 4 members (excludes halogenated alkanes) is 1. The van der Waals surface area contributed by atoms with E-state index >= 15 is 0 Å². The lowest BCUT2D eigenvalue weighted by Crippen LogP contribution is -2.40. The number of benzene rings is 3. The molecular weight excluding hydrogens is 548 g/mol. The van der Waals surface area contributed by atoms with Gasteiger partial charge in [0.2, 0.25) is 0 Å². The lowest BCUT2D eigenvalue weighted by Gasteiger charge is -2.25. The van der Waals surface area contributed by atoms with E-state index in [0.29, 0.717) is 39.6 Å². The molecule has 1 aliphatic rings. The highest BCUT2D eigenvalue weighted by Crippen LogP contribution is 2.33. The molecule has 7 nitrogen and oxygen atoms in total. The van der Waals surface area contributed by atoms with E-state index in [2.05, 4.69) is 6.92 Å². The maximum atomic E-state index is 14.2. The Labute approximate surface area is 249 Å². The molecule has 0 N–H and O–H groups in total. The van der Waals surface area contributed by atoms with E-state index < -0.39 is 12.0 Å². The largest absolute Gasteiger partial charge is 0.494 e. The van der Waals surface area contributed by atoms with E-state index in [4.69, 9.17) is 19.2 Å². The first-order chi connectivity index (χ1) is 20.3. The van der Waals surface area contributed by atoms with Crippen LogP contribution in [0.25, 0.3) is 16.8 Å². The van der Waals surface area contributed by atoms with Crippen LogP contribution >= 0.6 is 11.3 Å². The average Bonchev–Trinajstić information content (AvgIpc) is 3.27. The number of aromatic nitrogens is 1. The smallest absolute Gasteiger partial charge is 0.338 e. The average molecular weight is 585 g/mol. The van der Waals surface area contributed by atoms with Crippen LogP contribution in [0.3, 0.4) is 0 Å². The van der Waals surface area contributed by atoms with E-state index in [9.17, 15) is 9.59 Å². The summed E-state index contributed by atoms with van der Waals surface area (Å²) in [6, 6.07) is 18.9. The highest BCUT2D eigenvalue weighted by Gasteiger charge is 2.34. The Morgan fingerprint density at radius 1 is 1.05 bits per heavy atom. The molecule has 1 atom stereocenters. The van der Waals surface area contributed by atoms with E-state index in [1.165, 1.54) is 11.3 Å². The van der Waals surface area contributed by atoms with Gasteiger partial charge in [-0.25, -0.2) is 9.79 Å². The third kappa shape index (κ3) is 5.90. The second kappa shape index (κ2) is 12.8. The van der Waals surface area contributed by atoms with Gasteiger partial charge in [-0.05, 0) is 74.7 Å². The number of fused-ring (bicyclic) bond motifs is 2. The minimum Gasteiger partial charge on any atom is -0.494 e. The number of thiazole rings is 1. The molecule has 0 amide bonds. The molecule has 1 aliphatic heterocycles. The minimum atomic E-state index is -0.696. The standard InChI is InChI=1S/C34H36N2O5S/c1-6-8-19-40-28-18-15-23-11-9-10-12-26(23)27(28)20-29-32(37)36-31(24-13-16-25(17-14-24)39-7-2)30(33(38)41-21(3)4)22(5)35-34(36)42-29/h9-18,20-21,31H,6-8,19H2,1-5H3/b29-20+/t31-/m0/s1. The van der Waals surface area contributed by atoms with Crippen LogP contribution in [0.15, 0.2) is 81.7 Å². The lowest BCUT2D eigenvalue weighted by atomic mass is 9.95. The van der Waals surface area contributed by atoms with Crippen molar-refractivity contribution in [2.24, 2.45) is 4.99 Å². The molecular formula is C34H36N2O5S. The first kappa shape index (κ1) is 29.3. The molecule has 2 heterocycles. The predicted octanol–water partition coefficient (Wildman–Crippen LogP) is 5.92. The quantitative estimate of drug-likeness (QED) is 0.171. The van der Waals surface area contributed by atoms with Gasteiger partial charge in [0, 0.05) is 5.56 Å². The second-order valence-corrected chi connectivity index (χ2v) is 11.4. The van der Waals surface area contributed by atoms with Gasteiger partial charge in [0.25, 0.3) is 5.56 Å². The number of nitrogens with zero attached hydrogens (tertiary/aromatic N) is 2. The van der Waals surface area contributed by atoms with E-state index in [-0.39, 0.29) is 11.7 Å². The van der Waals surface area contributed by atoms with Crippen molar-refractivity contribution in [2.45, 2.75) is 59.6 Å². The highest BCUT2D eigenvalue weighted by molar-refractivity contribution is 7.07. The molecule has 0 radical (unpaired) electrons. The van der Waals surface area contributed by atoms with Gasteiger partial charge >= 0.3 is 5.97 Å². The summed E-state index contributed by atoms with van der Waals surface area (Å²) in [7, 11) is 0. The maximum Gasteiger partial charge on any atom is 0.338 e. The molecule has 0 unspecified atom stereocenters. The molecule has 218 valence electrons. The first-order valence-corrected chi connectivity index (χ1v) is 15.2. The molecule has 4 aromatic rings. The number of allylic oxidation sites excluding steroid dienone is 1. The molecule has 0 saturated carbocycles. The van der Waals surface area contributed by atoms with Gasteiger partial charge in [0.15, 0.2) is 4.80 Å². The SMILES string of the molecule is CCCCOc1ccc2ccccc2c1/C=c1/sc2n(c1=O)[C@@H](c1ccc(OCC)cc1)C(C(=O)OC(C)C)=C(C)N=2. The summed E-state index contributed by atoms with van der Waals surface area (Å²) < 4.78 is 19.6. The number of esters is 1. The van der Waals surface area contributed by atoms with Gasteiger partial charge in [-0.1, -0.05) is 67.1 Å². The molecule has 0 bridgehead atoms. The number of hydrogen-bond donors (Lipinski definition) is 0. The zero-order valence-electron chi connectivity index (χ0n) is 24.7. The fourth-order valence-electron chi connectivity index (χ4n) is 5.10. The summed E-state index contributed by atoms with van der Waals surface area (Å²) in [5.41, 5.74) is 2.26. The summed E-state index contributed by atoms with van der Waals surface area (Å²) in [6.07, 6.45) is 3.54. The second-order valence-electron chi connectivity index (χ2n) is 10.4. The van der Waals surface area contributed by atoms with Crippen molar-refractivity contribution in [3.05, 3.63) is 103 Å². The minimum absolute atomic E-state index is 0.229. The number of carbonyl (C=O) groups is 1. The zero-order chi connectivity index (χ0) is 29.8. The monoisotopic (exact) mass is 584 g/mol. The Bertz CT molecular complexity index is 1820. The van der Waals surface area contributed by atoms with Gasteiger partial charge in [-0.2, -0.15) is 0 Å². The van der Waals surface area contributed by atoms with Crippen molar-refractivity contribution < 1.29 is 19.0 Å². The maximum absolute atomic E-state index is 14.2. The van der Waals surface area contributed by atoms with Gasteiger partial charge in [-0.3, -0.25) is 9.36 Å². The van der Waals surface area contributed by atoms with Crippen LogP contribution in [0.5, 0.6) is 11.5 Å². The Morgan fingerprint density at radius 3 is 2.52 bits per heavy atom. The van der Waals surface area contributed by atoms with Crippen molar-refractivity contribution in [1.29, 1.82) is 0 Å². The van der Waals surface area contributed by atoms with Crippen LogP contribution in [0.2, 0.25) is 0 Å². The molecule has 0 saturated heterocycles. The van der Waals surface area contributed by atoms with Gasteiger partial charge in [0.1, 0.15) is 11.5 Å². The number of carbonyl (C=O) groups excluding carboxylic acids is 1. The van der Waals surface area contributed by atoms with Crippen molar-refractivity contribution in [3.63, 3.8) is 0 Å². The molecule has 0 spiro atoms. The number of ether oxygens (including phenoxy) is 3. The van der Waals surface area contributed by atoms with Crippen LogP contribution in [0.4, 0.5) is 0 Å². The summed E-state index contributed by atoms with van der Waals surface area (Å²) in [5, 5.41) is 2.05. The molecule has 42 heavy (non-hydrogen) atoms. The number of hydrogen-bond acceptors (Lipinski definition) is 7. The van der Waals surface area contributed by atoms with Gasteiger partial charge in [0.05, 0.1) is 41.2 Å². The van der Waals surface area contributed by atoms with Crippen LogP contribution in [-0.4, -0.2) is 29.9 Å². The molecule has 0 aliphatic carbocycles. The van der Waals surface area contributed by atoms with E-state index in [0.717, 1.165) is 40.5 Å². The van der Waals surface area contributed by atoms with Crippen LogP contribution in [-0.2, 0) is 9.53 Å². The fraction of sp³-hybridized carbons (Fsp3) is 0.324. The first-order valence-electron chi connectivity index (χ1n) is 14.4. The molecule has 0 fully saturated rings. The zero-order valence-corrected chi connectivity index (χ0v) is 25.5. The summed E-state index contributed by atoms with van der Waals surface area (Å²) >= 11 is 1.31. The summed E-state index contributed by atoms with van der Waals surface area (Å²) in [4.78, 5) is 32.9. The highest BCUT2D eigenvalue weighted by atomic mass is 32.1. The van der Waals surface area contributed by atoms with E-state index in [1.54, 1.807) is 25.3 Å². The molecule has 3 aromatic carbocycles. The Hall–Kier alpha value is -4.17. The van der Waals surface area contributed by atoms with Crippen molar-refractivity contribution >= 4 is 34.2 Å². The van der Waals surface area contributed by atoms with Gasteiger partial charge < -0.3 is 14.2 Å². The Balaban J connectivity index is 1.71. The Kier molecular flexibility index (Phi) is 8.92. The van der Waals surface area contributed by atoms with Crippen LogP contribution < -0.4 is 24.4 Å².